The van der Waals surface area contributed by atoms with Gasteiger partial charge in [0.25, 0.3) is 0 Å². The van der Waals surface area contributed by atoms with E-state index in [-0.39, 0.29) is 40.2 Å². The fourth-order valence-corrected chi connectivity index (χ4v) is 9.39. The molecule has 7 nitrogen and oxygen atoms in total. The molecule has 10 aromatic carbocycles. The molecule has 0 N–H and O–H groups in total. The zero-order chi connectivity index (χ0) is 56.9. The van der Waals surface area contributed by atoms with Gasteiger partial charge in [-0.15, -0.1) is 0 Å². The lowest BCUT2D eigenvalue weighted by atomic mass is 9.73. The lowest BCUT2D eigenvalue weighted by Crippen LogP contribution is -2.54. The largest absolute Gasteiger partial charge is 0.497 e. The maximum Gasteiger partial charge on any atom is 0.411 e. The molecule has 0 aliphatic heterocycles. The molecule has 0 aliphatic rings. The number of carbonyl (C=O) groups is 3. The molecule has 0 spiro atoms. The second kappa shape index (κ2) is 22.8. The van der Waals surface area contributed by atoms with Crippen molar-refractivity contribution in [3.63, 3.8) is 0 Å². The van der Waals surface area contributed by atoms with Crippen LogP contribution >= 0.6 is 0 Å². The van der Waals surface area contributed by atoms with E-state index < -0.39 is 28.9 Å². The molecule has 0 saturated carbocycles. The van der Waals surface area contributed by atoms with Gasteiger partial charge in [-0.1, -0.05) is 133 Å². The van der Waals surface area contributed by atoms with Crippen LogP contribution in [0.2, 0.25) is 0 Å². The smallest absolute Gasteiger partial charge is 0.411 e. The van der Waals surface area contributed by atoms with Crippen LogP contribution in [0.15, 0.2) is 243 Å². The Kier molecular flexibility index (Phi) is 15.3. The Balaban J connectivity index is 0.864. The third-order valence-electron chi connectivity index (χ3n) is 13.7. The summed E-state index contributed by atoms with van der Waals surface area (Å²) in [4.78, 5) is 41.8. The van der Waals surface area contributed by atoms with E-state index in [4.69, 9.17) is 18.9 Å². The summed E-state index contributed by atoms with van der Waals surface area (Å²) in [6.45, 7) is 1.95. The zero-order valence-corrected chi connectivity index (χ0v) is 43.2. The van der Waals surface area contributed by atoms with E-state index in [1.807, 2.05) is 73.7 Å². The summed E-state index contributed by atoms with van der Waals surface area (Å²) in [7, 11) is 1.24. The van der Waals surface area contributed by atoms with Gasteiger partial charge in [0.1, 0.15) is 40.2 Å². The number of halogens is 6. The Bertz CT molecular complexity index is 3830. The second-order valence-corrected chi connectivity index (χ2v) is 18.9. The fraction of sp³-hybridized carbons (Fsp3) is 0.0735. The Morgan fingerprint density at radius 2 is 0.654 bits per heavy atom. The SMILES string of the molecule is COc1ccc(C(c2ccc(Oc3ccc(C(=O)c4ccc(-c5ccc(-c6ccc(C(=O)c7ccc(C)cc7)cc6)c(C(=O)c6ccc(Oc7ccc(Oc8ccccc8)cc7)cc6)c5)cc4)cc3)cc2)(C(F)(F)F)C(F)(F)F)cc1. The first-order valence-corrected chi connectivity index (χ1v) is 25.3. The molecule has 0 amide bonds. The Morgan fingerprint density at radius 3 is 1.06 bits per heavy atom. The monoisotopic (exact) mass is 1090 g/mol. The number of aryl methyl sites for hydroxylation is 1. The lowest BCUT2D eigenvalue weighted by molar-refractivity contribution is -0.288. The minimum atomic E-state index is -5.77. The van der Waals surface area contributed by atoms with E-state index in [1.165, 1.54) is 31.4 Å². The van der Waals surface area contributed by atoms with Crippen LogP contribution in [-0.4, -0.2) is 36.8 Å². The first-order chi connectivity index (χ1) is 39.0. The van der Waals surface area contributed by atoms with Crippen LogP contribution in [0.1, 0.15) is 64.5 Å². The molecule has 0 fully saturated rings. The normalized spacial score (nSPS) is 11.6. The number of benzene rings is 10. The Morgan fingerprint density at radius 1 is 0.333 bits per heavy atom. The number of hydrogen-bond donors (Lipinski definition) is 0. The van der Waals surface area contributed by atoms with Gasteiger partial charge >= 0.3 is 12.4 Å². The minimum Gasteiger partial charge on any atom is -0.497 e. The molecule has 81 heavy (non-hydrogen) atoms. The van der Waals surface area contributed by atoms with Crippen LogP contribution in [0.5, 0.6) is 40.2 Å². The molecule has 0 aromatic heterocycles. The minimum absolute atomic E-state index is 0.0426. The predicted octanol–water partition coefficient (Wildman–Crippen LogP) is 17.8. The van der Waals surface area contributed by atoms with Gasteiger partial charge in [-0.3, -0.25) is 14.4 Å². The van der Waals surface area contributed by atoms with E-state index in [2.05, 4.69) is 0 Å². The molecular formula is C68H46F6O7. The van der Waals surface area contributed by atoms with Gasteiger partial charge in [-0.05, 0) is 156 Å². The van der Waals surface area contributed by atoms with Gasteiger partial charge in [0.05, 0.1) is 7.11 Å². The van der Waals surface area contributed by atoms with Crippen molar-refractivity contribution in [1.29, 1.82) is 0 Å². The van der Waals surface area contributed by atoms with E-state index >= 15 is 0 Å². The molecule has 0 saturated heterocycles. The number of methoxy groups -OCH3 is 1. The Labute approximate surface area is 462 Å². The average molecular weight is 1090 g/mol. The zero-order valence-electron chi connectivity index (χ0n) is 43.2. The molecule has 0 heterocycles. The topological polar surface area (TPSA) is 88.1 Å². The quantitative estimate of drug-likeness (QED) is 0.0663. The first-order valence-electron chi connectivity index (χ1n) is 25.3. The van der Waals surface area contributed by atoms with Crippen molar-refractivity contribution in [2.24, 2.45) is 0 Å². The molecular weight excluding hydrogens is 1040 g/mol. The van der Waals surface area contributed by atoms with E-state index in [0.717, 1.165) is 54.1 Å². The number of carbonyl (C=O) groups excluding carboxylic acids is 3. The Hall–Kier alpha value is -10.0. The fourth-order valence-electron chi connectivity index (χ4n) is 9.39. The molecule has 0 bridgehead atoms. The van der Waals surface area contributed by atoms with Crippen molar-refractivity contribution in [1.82, 2.24) is 0 Å². The number of ketones is 3. The maximum absolute atomic E-state index is 14.7. The van der Waals surface area contributed by atoms with Gasteiger partial charge in [0, 0.05) is 33.4 Å². The summed E-state index contributed by atoms with van der Waals surface area (Å²) in [6, 6.07) is 63.1. The van der Waals surface area contributed by atoms with Crippen LogP contribution in [-0.2, 0) is 5.41 Å². The van der Waals surface area contributed by atoms with Crippen molar-refractivity contribution in [2.75, 3.05) is 7.11 Å². The van der Waals surface area contributed by atoms with Gasteiger partial charge in [-0.25, -0.2) is 0 Å². The van der Waals surface area contributed by atoms with Gasteiger partial charge in [0.2, 0.25) is 5.41 Å². The van der Waals surface area contributed by atoms with Crippen molar-refractivity contribution < 1.29 is 59.7 Å². The van der Waals surface area contributed by atoms with Crippen molar-refractivity contribution in [2.45, 2.75) is 24.7 Å². The van der Waals surface area contributed by atoms with Crippen molar-refractivity contribution in [3.8, 4) is 62.5 Å². The number of hydrogen-bond acceptors (Lipinski definition) is 7. The highest BCUT2D eigenvalue weighted by Crippen LogP contribution is 2.56. The van der Waals surface area contributed by atoms with Crippen molar-refractivity contribution >= 4 is 17.3 Å². The van der Waals surface area contributed by atoms with Gasteiger partial charge in [0.15, 0.2) is 17.3 Å². The molecule has 10 aromatic rings. The predicted molar refractivity (Wildman–Crippen MR) is 297 cm³/mol. The van der Waals surface area contributed by atoms with Crippen LogP contribution in [0.4, 0.5) is 26.3 Å². The maximum atomic E-state index is 14.7. The average Bonchev–Trinajstić information content (AvgIpc) is 3.49. The second-order valence-electron chi connectivity index (χ2n) is 18.9. The summed E-state index contributed by atoms with van der Waals surface area (Å²) in [6.07, 6.45) is -11.5. The van der Waals surface area contributed by atoms with E-state index in [1.54, 1.807) is 103 Å². The number of ether oxygens (including phenoxy) is 4. The highest BCUT2D eigenvalue weighted by molar-refractivity contribution is 6.14. The molecule has 0 unspecified atom stereocenters. The van der Waals surface area contributed by atoms with Gasteiger partial charge < -0.3 is 18.9 Å². The van der Waals surface area contributed by atoms with Gasteiger partial charge in [-0.2, -0.15) is 26.3 Å². The summed E-state index contributed by atoms with van der Waals surface area (Å²) < 4.78 is 111. The van der Waals surface area contributed by atoms with Crippen LogP contribution < -0.4 is 18.9 Å². The first kappa shape index (κ1) is 54.3. The van der Waals surface area contributed by atoms with E-state index in [0.29, 0.717) is 73.1 Å². The summed E-state index contributed by atoms with van der Waals surface area (Å²) in [5, 5.41) is 0. The third kappa shape index (κ3) is 11.6. The summed E-state index contributed by atoms with van der Waals surface area (Å²) in [5.74, 6) is 1.89. The number of alkyl halides is 6. The molecule has 0 radical (unpaired) electrons. The van der Waals surface area contributed by atoms with E-state index in [9.17, 15) is 40.7 Å². The molecule has 0 atom stereocenters. The third-order valence-corrected chi connectivity index (χ3v) is 13.7. The standard InChI is InChI=1S/C68H46F6O7/c1-43-8-10-46(11-9-43)63(75)48-18-14-45(15-19-48)61-41-24-51(42-62(61)65(77)50-22-31-57(32-23-50)81-60-39-37-59(38-40-60)79-55-6-4-3-5-7-55)44-12-16-47(17-13-44)64(76)49-20-29-56(30-21-49)80-58-35-27-53(28-36-58)66(67(69,70)71,68(72,73)74)52-25-33-54(78-2)34-26-52/h3-42H,1-2H3. The molecule has 0 aliphatic carbocycles. The summed E-state index contributed by atoms with van der Waals surface area (Å²) >= 11 is 0. The number of rotatable bonds is 17. The lowest BCUT2D eigenvalue weighted by Gasteiger charge is -2.38. The van der Waals surface area contributed by atoms with Crippen molar-refractivity contribution in [3.05, 3.63) is 293 Å². The van der Waals surface area contributed by atoms with Crippen LogP contribution in [0, 0.1) is 6.92 Å². The van der Waals surface area contributed by atoms with Crippen LogP contribution in [0.3, 0.4) is 0 Å². The molecule has 13 heteroatoms. The highest BCUT2D eigenvalue weighted by atomic mass is 19.4. The molecule has 402 valence electrons. The molecule has 10 rings (SSSR count). The summed E-state index contributed by atoms with van der Waals surface area (Å²) in [5.41, 5.74) is -0.240. The highest BCUT2D eigenvalue weighted by Gasteiger charge is 2.72. The van der Waals surface area contributed by atoms with Crippen LogP contribution in [0.25, 0.3) is 22.3 Å². The number of para-hydroxylation sites is 1.